The maximum atomic E-state index is 13.8. The number of nitrogens with one attached hydrogen (secondary N) is 2. The summed E-state index contributed by atoms with van der Waals surface area (Å²) < 4.78 is 0. The average molecular weight is 531 g/mol. The molecule has 2 aromatic carbocycles. The van der Waals surface area contributed by atoms with Crippen LogP contribution in [0.2, 0.25) is 0 Å². The van der Waals surface area contributed by atoms with E-state index in [-0.39, 0.29) is 23.9 Å². The minimum atomic E-state index is -0.631. The van der Waals surface area contributed by atoms with Gasteiger partial charge in [0, 0.05) is 25.1 Å². The van der Waals surface area contributed by atoms with Crippen LogP contribution in [-0.2, 0) is 22.4 Å². The number of likely N-dealkylation sites (N-methyl/N-ethyl adjacent to an activating group) is 1. The van der Waals surface area contributed by atoms with E-state index in [9.17, 15) is 9.59 Å². The molecule has 0 saturated carbocycles. The van der Waals surface area contributed by atoms with Crippen molar-refractivity contribution in [1.82, 2.24) is 20.5 Å². The molecule has 3 atom stereocenters. The van der Waals surface area contributed by atoms with Crippen LogP contribution in [0.3, 0.4) is 0 Å². The molecule has 6 heteroatoms. The van der Waals surface area contributed by atoms with E-state index < -0.39 is 6.04 Å². The Bertz CT molecular complexity index is 1120. The van der Waals surface area contributed by atoms with Crippen LogP contribution in [0.15, 0.2) is 78.9 Å². The third-order valence-electron chi connectivity index (χ3n) is 6.66. The predicted octanol–water partition coefficient (Wildman–Crippen LogP) is 5.72. The van der Waals surface area contributed by atoms with Crippen molar-refractivity contribution in [2.45, 2.75) is 78.4 Å². The van der Waals surface area contributed by atoms with E-state index in [1.165, 1.54) is 5.56 Å². The summed E-state index contributed by atoms with van der Waals surface area (Å²) in [5, 5.41) is 5.95. The van der Waals surface area contributed by atoms with Gasteiger partial charge in [-0.2, -0.15) is 0 Å². The smallest absolute Gasteiger partial charge is 0.246 e. The predicted molar refractivity (Wildman–Crippen MR) is 160 cm³/mol. The molecule has 0 bridgehead atoms. The molecule has 1 saturated heterocycles. The van der Waals surface area contributed by atoms with Crippen LogP contribution in [0.4, 0.5) is 0 Å². The minimum Gasteiger partial charge on any atom is -0.343 e. The van der Waals surface area contributed by atoms with Gasteiger partial charge in [0.1, 0.15) is 6.04 Å². The maximum Gasteiger partial charge on any atom is 0.246 e. The summed E-state index contributed by atoms with van der Waals surface area (Å²) >= 11 is 0. The Morgan fingerprint density at radius 1 is 0.897 bits per heavy atom. The lowest BCUT2D eigenvalue weighted by molar-refractivity contribution is -0.137. The monoisotopic (exact) mass is 530 g/mol. The van der Waals surface area contributed by atoms with Crippen LogP contribution in [-0.4, -0.2) is 47.4 Å². The lowest BCUT2D eigenvalue weighted by Gasteiger charge is -2.30. The number of carbonyl (C=O) groups excluding carboxylic acids is 2. The number of rotatable bonds is 9. The molecule has 0 aliphatic carbocycles. The largest absolute Gasteiger partial charge is 0.343 e. The van der Waals surface area contributed by atoms with Gasteiger partial charge in [-0.25, -0.2) is 0 Å². The number of carbonyl (C=O) groups is 2. The van der Waals surface area contributed by atoms with Crippen molar-refractivity contribution in [1.29, 1.82) is 0 Å². The fraction of sp³-hybridized carbons (Fsp3) is 0.424. The van der Waals surface area contributed by atoms with Crippen LogP contribution in [0, 0.1) is 0 Å². The van der Waals surface area contributed by atoms with Gasteiger partial charge in [0.2, 0.25) is 11.8 Å². The number of amides is 2. The molecule has 4 rings (SSSR count). The zero-order chi connectivity index (χ0) is 28.6. The molecule has 1 aliphatic heterocycles. The summed E-state index contributed by atoms with van der Waals surface area (Å²) in [6.07, 6.45) is 2.99. The van der Waals surface area contributed by atoms with Gasteiger partial charge >= 0.3 is 0 Å². The summed E-state index contributed by atoms with van der Waals surface area (Å²) in [6, 6.07) is 25.1. The SMILES string of the molecule is CC.CC.CN[C@@H](C)C(=O)N[C@@H](Cc1ccccc1)C(=O)N1CCC[C@@H]1c1cccc(Cc2ccccc2)n1. The molecule has 0 radical (unpaired) electrons. The number of likely N-dealkylation sites (tertiary alicyclic amines) is 1. The highest BCUT2D eigenvalue weighted by Gasteiger charge is 2.36. The normalized spacial score (nSPS) is 15.6. The highest BCUT2D eigenvalue weighted by Crippen LogP contribution is 2.32. The maximum absolute atomic E-state index is 13.8. The fourth-order valence-corrected chi connectivity index (χ4v) is 4.60. The Morgan fingerprint density at radius 2 is 1.51 bits per heavy atom. The van der Waals surface area contributed by atoms with Gasteiger partial charge < -0.3 is 15.5 Å². The minimum absolute atomic E-state index is 0.0525. The number of aromatic nitrogens is 1. The Kier molecular flexibility index (Phi) is 13.9. The van der Waals surface area contributed by atoms with Gasteiger partial charge in [-0.1, -0.05) is 94.4 Å². The first-order chi connectivity index (χ1) is 19.0. The van der Waals surface area contributed by atoms with Crippen LogP contribution >= 0.6 is 0 Å². The Balaban J connectivity index is 0.00000127. The molecule has 1 aromatic heterocycles. The first kappa shape index (κ1) is 31.7. The molecule has 0 unspecified atom stereocenters. The van der Waals surface area contributed by atoms with E-state index in [0.717, 1.165) is 36.2 Å². The quantitative estimate of drug-likeness (QED) is 0.371. The van der Waals surface area contributed by atoms with E-state index in [4.69, 9.17) is 4.98 Å². The third kappa shape index (κ3) is 9.32. The van der Waals surface area contributed by atoms with E-state index >= 15 is 0 Å². The zero-order valence-corrected chi connectivity index (χ0v) is 24.5. The van der Waals surface area contributed by atoms with Crippen molar-refractivity contribution in [2.24, 2.45) is 0 Å². The molecule has 6 nitrogen and oxygen atoms in total. The molecular formula is C33H46N4O2. The van der Waals surface area contributed by atoms with Crippen molar-refractivity contribution in [3.05, 3.63) is 101 Å². The van der Waals surface area contributed by atoms with Crippen molar-refractivity contribution >= 4 is 11.8 Å². The van der Waals surface area contributed by atoms with Crippen molar-refractivity contribution < 1.29 is 9.59 Å². The van der Waals surface area contributed by atoms with Crippen LogP contribution in [0.1, 0.15) is 76.0 Å². The molecule has 2 heterocycles. The molecule has 39 heavy (non-hydrogen) atoms. The standard InChI is InChI=1S/C29H34N4O2.2C2H6/c1-21(30-2)28(34)32-26(20-23-13-7-4-8-14-23)29(35)33-18-10-17-27(33)25-16-9-15-24(31-25)19-22-11-5-3-6-12-22;2*1-2/h3-9,11-16,21,26-27,30H,10,17-20H2,1-2H3,(H,32,34);2*1-2H3/t21-,26-,27+;;/m0../s1. The summed E-state index contributed by atoms with van der Waals surface area (Å²) in [6.45, 7) is 10.5. The second kappa shape index (κ2) is 17.2. The summed E-state index contributed by atoms with van der Waals surface area (Å²) in [7, 11) is 1.74. The first-order valence-corrected chi connectivity index (χ1v) is 14.4. The molecule has 210 valence electrons. The first-order valence-electron chi connectivity index (χ1n) is 14.4. The van der Waals surface area contributed by atoms with Crippen molar-refractivity contribution in [3.63, 3.8) is 0 Å². The topological polar surface area (TPSA) is 74.3 Å². The van der Waals surface area contributed by atoms with E-state index in [1.807, 2.05) is 99.3 Å². The summed E-state index contributed by atoms with van der Waals surface area (Å²) in [4.78, 5) is 33.4. The van der Waals surface area contributed by atoms with Gasteiger partial charge in [-0.15, -0.1) is 0 Å². The number of benzene rings is 2. The summed E-state index contributed by atoms with van der Waals surface area (Å²) in [5.74, 6) is -0.233. The molecule has 3 aromatic rings. The molecule has 2 amide bonds. The van der Waals surface area contributed by atoms with Crippen LogP contribution in [0.25, 0.3) is 0 Å². The van der Waals surface area contributed by atoms with Gasteiger partial charge in [0.05, 0.1) is 17.8 Å². The van der Waals surface area contributed by atoms with Gasteiger partial charge in [0.25, 0.3) is 0 Å². The third-order valence-corrected chi connectivity index (χ3v) is 6.66. The molecular weight excluding hydrogens is 484 g/mol. The zero-order valence-electron chi connectivity index (χ0n) is 24.5. The molecule has 1 fully saturated rings. The molecule has 1 aliphatic rings. The number of pyridine rings is 1. The Hall–Kier alpha value is -3.51. The fourth-order valence-electron chi connectivity index (χ4n) is 4.60. The lowest BCUT2D eigenvalue weighted by Crippen LogP contribution is -2.53. The molecule has 0 spiro atoms. The Morgan fingerprint density at radius 3 is 2.13 bits per heavy atom. The van der Waals surface area contributed by atoms with Gasteiger partial charge in [-0.3, -0.25) is 14.6 Å². The highest BCUT2D eigenvalue weighted by atomic mass is 16.2. The second-order valence-corrected chi connectivity index (χ2v) is 9.17. The number of hydrogen-bond donors (Lipinski definition) is 2. The van der Waals surface area contributed by atoms with Gasteiger partial charge in [0.15, 0.2) is 0 Å². The second-order valence-electron chi connectivity index (χ2n) is 9.17. The van der Waals surface area contributed by atoms with Crippen LogP contribution in [0.5, 0.6) is 0 Å². The number of nitrogens with zero attached hydrogens (tertiary/aromatic N) is 2. The van der Waals surface area contributed by atoms with Crippen LogP contribution < -0.4 is 10.6 Å². The van der Waals surface area contributed by atoms with Gasteiger partial charge in [-0.05, 0) is 50.1 Å². The van der Waals surface area contributed by atoms with Crippen molar-refractivity contribution in [2.75, 3.05) is 13.6 Å². The summed E-state index contributed by atoms with van der Waals surface area (Å²) in [5.41, 5.74) is 4.13. The van der Waals surface area contributed by atoms with E-state index in [0.29, 0.717) is 13.0 Å². The average Bonchev–Trinajstić information content (AvgIpc) is 3.49. The number of hydrogen-bond acceptors (Lipinski definition) is 4. The molecule has 2 N–H and O–H groups in total. The Labute approximate surface area is 235 Å². The highest BCUT2D eigenvalue weighted by molar-refractivity contribution is 5.90. The van der Waals surface area contributed by atoms with E-state index in [2.05, 4.69) is 22.8 Å². The van der Waals surface area contributed by atoms with Crippen molar-refractivity contribution in [3.8, 4) is 0 Å². The lowest BCUT2D eigenvalue weighted by atomic mass is 10.0. The van der Waals surface area contributed by atoms with E-state index in [1.54, 1.807) is 14.0 Å².